The molecular weight excluding hydrogens is 644 g/mol. The number of aliphatic hydroxyl groups is 2. The van der Waals surface area contributed by atoms with E-state index in [0.29, 0.717) is 42.7 Å². The Kier molecular flexibility index (Phi) is 12.2. The van der Waals surface area contributed by atoms with Crippen LogP contribution in [0, 0.1) is 17.8 Å². The minimum atomic E-state index is -1.27. The predicted molar refractivity (Wildman–Crippen MR) is 182 cm³/mol. The molecule has 1 saturated heterocycles. The van der Waals surface area contributed by atoms with Crippen molar-refractivity contribution < 1.29 is 34.1 Å². The van der Waals surface area contributed by atoms with Crippen molar-refractivity contribution in [3.8, 4) is 0 Å². The maximum absolute atomic E-state index is 13.9. The van der Waals surface area contributed by atoms with Crippen molar-refractivity contribution in [1.29, 1.82) is 0 Å². The van der Waals surface area contributed by atoms with E-state index < -0.39 is 59.7 Å². The van der Waals surface area contributed by atoms with E-state index in [-0.39, 0.29) is 32.5 Å². The van der Waals surface area contributed by atoms with Gasteiger partial charge in [0.2, 0.25) is 11.7 Å². The molecule has 3 aliphatic rings. The van der Waals surface area contributed by atoms with Gasteiger partial charge in [-0.15, -0.1) is 5.10 Å². The first-order chi connectivity index (χ1) is 23.8. The highest BCUT2D eigenvalue weighted by Crippen LogP contribution is 2.57. The van der Waals surface area contributed by atoms with Crippen LogP contribution < -0.4 is 22.1 Å². The summed E-state index contributed by atoms with van der Waals surface area (Å²) < 4.78 is 6.78. The average Bonchev–Trinajstić information content (AvgIpc) is 3.41. The van der Waals surface area contributed by atoms with Crippen molar-refractivity contribution in [1.82, 2.24) is 30.5 Å². The summed E-state index contributed by atoms with van der Waals surface area (Å²) in [5.74, 6) is -0.928. The first-order valence-corrected chi connectivity index (χ1v) is 17.8. The van der Waals surface area contributed by atoms with E-state index in [1.807, 2.05) is 30.3 Å². The van der Waals surface area contributed by atoms with Crippen molar-refractivity contribution in [2.75, 3.05) is 13.1 Å². The SMILES string of the molecule is CC(C)(O)c1cnnn1[C@H]1C[C@@H](C(=O)NC(CCCCNC(=O)OCc2ccccc2)C(=O)C(N)=O)N(C(O)[C@H](N)CC2C3CCCCC32)C1. The van der Waals surface area contributed by atoms with Gasteiger partial charge in [-0.25, -0.2) is 9.48 Å². The zero-order valence-corrected chi connectivity index (χ0v) is 28.9. The Morgan fingerprint density at radius 2 is 1.80 bits per heavy atom. The molecule has 2 aliphatic carbocycles. The van der Waals surface area contributed by atoms with Crippen molar-refractivity contribution in [2.45, 2.75) is 114 Å². The predicted octanol–water partition coefficient (Wildman–Crippen LogP) is 1.23. The monoisotopic (exact) mass is 696 g/mol. The number of hydrogen-bond acceptors (Lipinski definition) is 11. The number of nitrogens with zero attached hydrogens (tertiary/aromatic N) is 4. The summed E-state index contributed by atoms with van der Waals surface area (Å²) in [6.45, 7) is 3.80. The second-order valence-electron chi connectivity index (χ2n) is 14.6. The number of ether oxygens (including phenoxy) is 1. The summed E-state index contributed by atoms with van der Waals surface area (Å²) in [6, 6.07) is 6.08. The summed E-state index contributed by atoms with van der Waals surface area (Å²) in [4.78, 5) is 52.5. The van der Waals surface area contributed by atoms with E-state index in [0.717, 1.165) is 5.56 Å². The molecule has 0 bridgehead atoms. The van der Waals surface area contributed by atoms with Gasteiger partial charge in [-0.2, -0.15) is 0 Å². The lowest BCUT2D eigenvalue weighted by Gasteiger charge is -2.33. The van der Waals surface area contributed by atoms with Crippen LogP contribution in [0.5, 0.6) is 0 Å². The quantitative estimate of drug-likeness (QED) is 0.102. The molecule has 1 aliphatic heterocycles. The summed E-state index contributed by atoms with van der Waals surface area (Å²) in [5, 5.41) is 35.9. The normalized spacial score (nSPS) is 25.2. The highest BCUT2D eigenvalue weighted by atomic mass is 16.5. The van der Waals surface area contributed by atoms with Crippen LogP contribution in [0.4, 0.5) is 4.79 Å². The van der Waals surface area contributed by atoms with Gasteiger partial charge in [-0.05, 0) is 82.1 Å². The molecule has 2 aromatic rings. The largest absolute Gasteiger partial charge is 0.445 e. The summed E-state index contributed by atoms with van der Waals surface area (Å²) in [6.07, 6.45) is 6.28. The van der Waals surface area contributed by atoms with Gasteiger partial charge in [0.25, 0.3) is 5.91 Å². The second-order valence-corrected chi connectivity index (χ2v) is 14.6. The van der Waals surface area contributed by atoms with E-state index in [9.17, 15) is 29.4 Å². The topological polar surface area (TPSA) is 228 Å². The van der Waals surface area contributed by atoms with Crippen LogP contribution in [-0.2, 0) is 31.3 Å². The first kappa shape index (κ1) is 37.3. The van der Waals surface area contributed by atoms with E-state index >= 15 is 0 Å². The van der Waals surface area contributed by atoms with E-state index in [1.54, 1.807) is 23.4 Å². The Balaban J connectivity index is 1.21. The average molecular weight is 697 g/mol. The Labute approximate surface area is 292 Å². The molecule has 15 heteroatoms. The number of hydrogen-bond donors (Lipinski definition) is 6. The lowest BCUT2D eigenvalue weighted by Crippen LogP contribution is -2.56. The highest BCUT2D eigenvalue weighted by molar-refractivity contribution is 6.37. The molecular formula is C35H52N8O7. The number of ketones is 1. The minimum Gasteiger partial charge on any atom is -0.445 e. The lowest BCUT2D eigenvalue weighted by molar-refractivity contribution is -0.139. The number of benzene rings is 1. The minimum absolute atomic E-state index is 0.100. The van der Waals surface area contributed by atoms with Crippen LogP contribution in [0.2, 0.25) is 0 Å². The van der Waals surface area contributed by atoms with E-state index in [2.05, 4.69) is 20.9 Å². The van der Waals surface area contributed by atoms with Gasteiger partial charge in [0.1, 0.15) is 18.4 Å². The molecule has 50 heavy (non-hydrogen) atoms. The summed E-state index contributed by atoms with van der Waals surface area (Å²) in [5.41, 5.74) is 12.0. The molecule has 8 N–H and O–H groups in total. The van der Waals surface area contributed by atoms with Gasteiger partial charge in [0, 0.05) is 19.1 Å². The number of alkyl carbamates (subject to hydrolysis) is 1. The fourth-order valence-corrected chi connectivity index (χ4v) is 7.84. The maximum atomic E-state index is 13.9. The van der Waals surface area contributed by atoms with Crippen molar-refractivity contribution >= 4 is 23.7 Å². The number of aromatic nitrogens is 3. The van der Waals surface area contributed by atoms with Crippen molar-refractivity contribution in [2.24, 2.45) is 29.2 Å². The zero-order chi connectivity index (χ0) is 36.0. The zero-order valence-electron chi connectivity index (χ0n) is 28.9. The van der Waals surface area contributed by atoms with Crippen LogP contribution >= 0.6 is 0 Å². The van der Waals surface area contributed by atoms with Crippen LogP contribution in [0.25, 0.3) is 0 Å². The molecule has 1 aromatic carbocycles. The molecule has 3 fully saturated rings. The molecule has 4 unspecified atom stereocenters. The standard InChI is InChI=1S/C35H52N8O7/c1-35(2,49)29-18-39-41-43(29)22-16-28(42(19-22)33(47)26(36)17-25-23-12-6-7-13-24(23)25)32(46)40-27(30(44)31(37)45)14-8-9-15-38-34(48)50-20-21-10-4-3-5-11-21/h3-5,10-11,18,22-28,33,47,49H,6-9,12-17,19-20,36H2,1-2H3,(H2,37,45)(H,38,48)(H,40,46)/t22-,23?,24?,25?,26+,27?,28-,33?/m0/s1. The number of carbonyl (C=O) groups excluding carboxylic acids is 4. The van der Waals surface area contributed by atoms with Gasteiger partial charge in [0.15, 0.2) is 0 Å². The summed E-state index contributed by atoms with van der Waals surface area (Å²) in [7, 11) is 0. The Morgan fingerprint density at radius 3 is 2.46 bits per heavy atom. The van der Waals surface area contributed by atoms with Gasteiger partial charge in [-0.3, -0.25) is 19.3 Å². The molecule has 7 atom stereocenters. The molecule has 2 saturated carbocycles. The first-order valence-electron chi connectivity index (χ1n) is 17.8. The smallest absolute Gasteiger partial charge is 0.407 e. The number of primary amides is 1. The molecule has 3 amide bonds. The number of carbonyl (C=O) groups is 4. The molecule has 15 nitrogen and oxygen atoms in total. The van der Waals surface area contributed by atoms with E-state index in [4.69, 9.17) is 16.2 Å². The second kappa shape index (κ2) is 16.4. The lowest BCUT2D eigenvalue weighted by atomic mass is 10.0. The van der Waals surface area contributed by atoms with Crippen molar-refractivity contribution in [3.05, 3.63) is 47.8 Å². The number of amides is 3. The van der Waals surface area contributed by atoms with Crippen molar-refractivity contribution in [3.63, 3.8) is 0 Å². The molecule has 0 spiro atoms. The van der Waals surface area contributed by atoms with Gasteiger partial charge in [-0.1, -0.05) is 48.4 Å². The van der Waals surface area contributed by atoms with Gasteiger partial charge < -0.3 is 37.1 Å². The fourth-order valence-electron chi connectivity index (χ4n) is 7.84. The third-order valence-corrected chi connectivity index (χ3v) is 10.5. The molecule has 274 valence electrons. The Morgan fingerprint density at radius 1 is 1.10 bits per heavy atom. The molecule has 5 rings (SSSR count). The number of likely N-dealkylation sites (tertiary alicyclic amines) is 1. The number of Topliss-reactive ketones (excluding diaryl/α,β-unsaturated/α-hetero) is 1. The number of nitrogens with one attached hydrogen (secondary N) is 2. The summed E-state index contributed by atoms with van der Waals surface area (Å²) >= 11 is 0. The van der Waals surface area contributed by atoms with Gasteiger partial charge in [0.05, 0.1) is 30.0 Å². The van der Waals surface area contributed by atoms with Crippen LogP contribution in [-0.4, -0.2) is 91.2 Å². The third-order valence-electron chi connectivity index (χ3n) is 10.5. The van der Waals surface area contributed by atoms with Gasteiger partial charge >= 0.3 is 6.09 Å². The van der Waals surface area contributed by atoms with Crippen LogP contribution in [0.15, 0.2) is 36.5 Å². The number of nitrogens with two attached hydrogens (primary N) is 2. The fraction of sp³-hybridized carbons (Fsp3) is 0.657. The third kappa shape index (κ3) is 9.24. The molecule has 1 aromatic heterocycles. The van der Waals surface area contributed by atoms with Crippen LogP contribution in [0.3, 0.4) is 0 Å². The van der Waals surface area contributed by atoms with Crippen LogP contribution in [0.1, 0.15) is 88.9 Å². The molecule has 2 heterocycles. The number of fused-ring (bicyclic) bond motifs is 1. The number of aliphatic hydroxyl groups excluding tert-OH is 1. The van der Waals surface area contributed by atoms with E-state index in [1.165, 1.54) is 31.9 Å². The Hall–Kier alpha value is -3.92. The number of unbranched alkanes of at least 4 members (excludes halogenated alkanes) is 1. The maximum Gasteiger partial charge on any atom is 0.407 e. The molecule has 0 radical (unpaired) electrons. The Bertz CT molecular complexity index is 1470. The number of rotatable bonds is 17. The highest BCUT2D eigenvalue weighted by Gasteiger charge is 2.52.